The normalized spacial score (nSPS) is 12.7. The third-order valence-electron chi connectivity index (χ3n) is 2.24. The van der Waals surface area contributed by atoms with Gasteiger partial charge in [0.15, 0.2) is 5.96 Å². The van der Waals surface area contributed by atoms with E-state index in [-0.39, 0.29) is 30.5 Å². The molecule has 110 valence electrons. The fourth-order valence-electron chi connectivity index (χ4n) is 1.36. The van der Waals surface area contributed by atoms with Crippen LogP contribution in [0.2, 0.25) is 0 Å². The molecule has 0 aliphatic carbocycles. The van der Waals surface area contributed by atoms with Gasteiger partial charge in [-0.2, -0.15) is 0 Å². The summed E-state index contributed by atoms with van der Waals surface area (Å²) in [6.07, 6.45) is 0.808. The number of aliphatic hydroxyl groups is 1. The maximum atomic E-state index is 9.82. The molecule has 3 N–H and O–H groups in total. The lowest BCUT2D eigenvalue weighted by Crippen LogP contribution is -2.39. The van der Waals surface area contributed by atoms with Crippen molar-refractivity contribution in [2.45, 2.75) is 13.0 Å². The Bertz CT molecular complexity index is 344. The zero-order valence-electron chi connectivity index (χ0n) is 11.3. The van der Waals surface area contributed by atoms with Crippen LogP contribution >= 0.6 is 24.0 Å². The summed E-state index contributed by atoms with van der Waals surface area (Å²) < 4.78 is 10.1. The van der Waals surface area contributed by atoms with Crippen molar-refractivity contribution in [2.24, 2.45) is 4.99 Å². The number of ether oxygens (including phenoxy) is 1. The second kappa shape index (κ2) is 11.1. The van der Waals surface area contributed by atoms with E-state index in [1.165, 1.54) is 6.26 Å². The summed E-state index contributed by atoms with van der Waals surface area (Å²) in [4.78, 5) is 4.27. The average Bonchev–Trinajstić information content (AvgIpc) is 2.89. The molecule has 1 heterocycles. The molecular formula is C12H22IN3O3. The van der Waals surface area contributed by atoms with Gasteiger partial charge in [0, 0.05) is 20.2 Å². The summed E-state index contributed by atoms with van der Waals surface area (Å²) in [6.45, 7) is 4.26. The second-order valence-electron chi connectivity index (χ2n) is 3.67. The van der Waals surface area contributed by atoms with Gasteiger partial charge in [-0.1, -0.05) is 0 Å². The average molecular weight is 383 g/mol. The molecule has 19 heavy (non-hydrogen) atoms. The SMILES string of the molecule is CCNC(=NCC(O)c1ccco1)NCCOC.I. The van der Waals surface area contributed by atoms with Crippen molar-refractivity contribution < 1.29 is 14.3 Å². The first kappa shape index (κ1) is 18.2. The van der Waals surface area contributed by atoms with Crippen LogP contribution in [0.1, 0.15) is 18.8 Å². The Labute approximate surface area is 130 Å². The van der Waals surface area contributed by atoms with Crippen LogP contribution in [0.4, 0.5) is 0 Å². The van der Waals surface area contributed by atoms with Crippen LogP contribution in [0.15, 0.2) is 27.8 Å². The van der Waals surface area contributed by atoms with Crippen molar-refractivity contribution in [1.82, 2.24) is 10.6 Å². The van der Waals surface area contributed by atoms with E-state index in [1.807, 2.05) is 6.92 Å². The molecule has 0 fully saturated rings. The van der Waals surface area contributed by atoms with Crippen molar-refractivity contribution >= 4 is 29.9 Å². The number of rotatable bonds is 7. The fraction of sp³-hybridized carbons (Fsp3) is 0.583. The van der Waals surface area contributed by atoms with Crippen molar-refractivity contribution in [3.8, 4) is 0 Å². The number of halogens is 1. The lowest BCUT2D eigenvalue weighted by Gasteiger charge is -2.11. The van der Waals surface area contributed by atoms with Crippen LogP contribution in [-0.4, -0.2) is 44.4 Å². The molecule has 0 bridgehead atoms. The zero-order valence-corrected chi connectivity index (χ0v) is 13.6. The summed E-state index contributed by atoms with van der Waals surface area (Å²) in [7, 11) is 1.65. The Kier molecular flexibility index (Phi) is 10.6. The summed E-state index contributed by atoms with van der Waals surface area (Å²) >= 11 is 0. The van der Waals surface area contributed by atoms with Crippen LogP contribution < -0.4 is 10.6 Å². The number of aliphatic hydroxyl groups excluding tert-OH is 1. The van der Waals surface area contributed by atoms with Gasteiger partial charge >= 0.3 is 0 Å². The van der Waals surface area contributed by atoms with Crippen molar-refractivity contribution in [3.63, 3.8) is 0 Å². The van der Waals surface area contributed by atoms with E-state index in [9.17, 15) is 5.11 Å². The van der Waals surface area contributed by atoms with Crippen molar-refractivity contribution in [3.05, 3.63) is 24.2 Å². The van der Waals surface area contributed by atoms with Crippen molar-refractivity contribution in [1.29, 1.82) is 0 Å². The molecule has 0 radical (unpaired) electrons. The topological polar surface area (TPSA) is 79.0 Å². The third-order valence-corrected chi connectivity index (χ3v) is 2.24. The Morgan fingerprint density at radius 1 is 1.53 bits per heavy atom. The van der Waals surface area contributed by atoms with Gasteiger partial charge in [-0.25, -0.2) is 0 Å². The summed E-state index contributed by atoms with van der Waals surface area (Å²) in [5, 5.41) is 16.0. The molecule has 1 aromatic rings. The Morgan fingerprint density at radius 2 is 2.32 bits per heavy atom. The van der Waals surface area contributed by atoms with Gasteiger partial charge in [0.25, 0.3) is 0 Å². The van der Waals surface area contributed by atoms with Crippen LogP contribution in [0.25, 0.3) is 0 Å². The first-order valence-corrected chi connectivity index (χ1v) is 6.00. The maximum Gasteiger partial charge on any atom is 0.191 e. The van der Waals surface area contributed by atoms with Gasteiger partial charge in [-0.05, 0) is 19.1 Å². The molecule has 0 spiro atoms. The Hall–Kier alpha value is -0.800. The molecule has 1 atom stereocenters. The molecule has 6 nitrogen and oxygen atoms in total. The van der Waals surface area contributed by atoms with Crippen molar-refractivity contribution in [2.75, 3.05) is 33.4 Å². The minimum Gasteiger partial charge on any atom is -0.467 e. The third kappa shape index (κ3) is 7.38. The van der Waals surface area contributed by atoms with Crippen LogP contribution in [0.5, 0.6) is 0 Å². The van der Waals surface area contributed by atoms with E-state index in [2.05, 4.69) is 15.6 Å². The van der Waals surface area contributed by atoms with Crippen LogP contribution in [0, 0.1) is 0 Å². The zero-order chi connectivity index (χ0) is 13.2. The predicted molar refractivity (Wildman–Crippen MR) is 84.9 cm³/mol. The number of guanidine groups is 1. The highest BCUT2D eigenvalue weighted by Gasteiger charge is 2.09. The fourth-order valence-corrected chi connectivity index (χ4v) is 1.36. The lowest BCUT2D eigenvalue weighted by molar-refractivity contribution is 0.158. The second-order valence-corrected chi connectivity index (χ2v) is 3.67. The Morgan fingerprint density at radius 3 is 2.89 bits per heavy atom. The van der Waals surface area contributed by atoms with Gasteiger partial charge in [-0.15, -0.1) is 24.0 Å². The van der Waals surface area contributed by atoms with E-state index in [4.69, 9.17) is 9.15 Å². The van der Waals surface area contributed by atoms with Gasteiger partial charge in [-0.3, -0.25) is 4.99 Å². The molecule has 0 aromatic carbocycles. The number of nitrogens with one attached hydrogen (secondary N) is 2. The number of nitrogens with zero attached hydrogens (tertiary/aromatic N) is 1. The smallest absolute Gasteiger partial charge is 0.191 e. The summed E-state index contributed by atoms with van der Waals surface area (Å²) in [6, 6.07) is 3.47. The molecule has 0 saturated carbocycles. The highest BCUT2D eigenvalue weighted by molar-refractivity contribution is 14.0. The molecule has 1 rings (SSSR count). The first-order chi connectivity index (χ1) is 8.77. The van der Waals surface area contributed by atoms with Crippen LogP contribution in [0.3, 0.4) is 0 Å². The van der Waals surface area contributed by atoms with Gasteiger partial charge in [0.2, 0.25) is 0 Å². The van der Waals surface area contributed by atoms with Gasteiger partial charge < -0.3 is 24.9 Å². The first-order valence-electron chi connectivity index (χ1n) is 6.00. The molecule has 0 aliphatic rings. The van der Waals surface area contributed by atoms with Crippen LogP contribution in [-0.2, 0) is 4.74 Å². The number of aliphatic imine (C=N–C) groups is 1. The van der Waals surface area contributed by atoms with E-state index in [0.29, 0.717) is 24.9 Å². The number of methoxy groups -OCH3 is 1. The predicted octanol–water partition coefficient (Wildman–Crippen LogP) is 1.13. The van der Waals surface area contributed by atoms with E-state index < -0.39 is 6.10 Å². The summed E-state index contributed by atoms with van der Waals surface area (Å²) in [5.41, 5.74) is 0. The highest BCUT2D eigenvalue weighted by Crippen LogP contribution is 2.12. The number of furan rings is 1. The van der Waals surface area contributed by atoms with E-state index in [0.717, 1.165) is 6.54 Å². The highest BCUT2D eigenvalue weighted by atomic mass is 127. The Balaban J connectivity index is 0.00000324. The standard InChI is InChI=1S/C12H21N3O3.HI/c1-3-13-12(14-6-8-17-2)15-9-10(16)11-5-4-7-18-11;/h4-5,7,10,16H,3,6,8-9H2,1-2H3,(H2,13,14,15);1H. The molecule has 0 aliphatic heterocycles. The molecule has 7 heteroatoms. The molecule has 0 saturated heterocycles. The quantitative estimate of drug-likeness (QED) is 0.285. The largest absolute Gasteiger partial charge is 0.467 e. The van der Waals surface area contributed by atoms with E-state index >= 15 is 0 Å². The monoisotopic (exact) mass is 383 g/mol. The number of hydrogen-bond acceptors (Lipinski definition) is 4. The maximum absolute atomic E-state index is 9.82. The number of hydrogen-bond donors (Lipinski definition) is 3. The molecule has 1 unspecified atom stereocenters. The van der Waals surface area contributed by atoms with Gasteiger partial charge in [0.1, 0.15) is 11.9 Å². The minimum absolute atomic E-state index is 0. The molecular weight excluding hydrogens is 361 g/mol. The summed E-state index contributed by atoms with van der Waals surface area (Å²) in [5.74, 6) is 1.17. The lowest BCUT2D eigenvalue weighted by atomic mass is 10.3. The molecule has 1 aromatic heterocycles. The van der Waals surface area contributed by atoms with E-state index in [1.54, 1.807) is 19.2 Å². The minimum atomic E-state index is -0.724. The van der Waals surface area contributed by atoms with Gasteiger partial charge in [0.05, 0.1) is 19.4 Å². The molecule has 0 amide bonds.